The predicted octanol–water partition coefficient (Wildman–Crippen LogP) is 2.27. The van der Waals surface area contributed by atoms with Crippen LogP contribution in [0.4, 0.5) is 14.9 Å². The highest BCUT2D eigenvalue weighted by atomic mass is 19.1. The third-order valence-corrected chi connectivity index (χ3v) is 2.93. The fourth-order valence-electron chi connectivity index (χ4n) is 1.68. The van der Waals surface area contributed by atoms with Gasteiger partial charge in [0.25, 0.3) is 0 Å². The van der Waals surface area contributed by atoms with E-state index in [0.29, 0.717) is 6.54 Å². The lowest BCUT2D eigenvalue weighted by atomic mass is 10.1. The standard InChI is InChI=1S/C14H16FN3O3/c1-3-18(8-9(2)13(19)20)14(21)17-12-5-4-11(15)6-10(12)7-16/h4-6,9H,3,8H2,1-2H3,(H,17,21)(H,19,20). The van der Waals surface area contributed by atoms with Gasteiger partial charge in [-0.25, -0.2) is 9.18 Å². The number of rotatable bonds is 5. The van der Waals surface area contributed by atoms with E-state index in [9.17, 15) is 14.0 Å². The minimum Gasteiger partial charge on any atom is -0.481 e. The van der Waals surface area contributed by atoms with Crippen molar-refractivity contribution >= 4 is 17.7 Å². The van der Waals surface area contributed by atoms with Crippen LogP contribution in [0.15, 0.2) is 18.2 Å². The molecule has 1 aromatic rings. The summed E-state index contributed by atoms with van der Waals surface area (Å²) < 4.78 is 13.0. The Morgan fingerprint density at radius 1 is 1.52 bits per heavy atom. The average Bonchev–Trinajstić information content (AvgIpc) is 2.45. The fraction of sp³-hybridized carbons (Fsp3) is 0.357. The number of aliphatic carboxylic acids is 1. The molecule has 0 saturated heterocycles. The number of carboxylic acids is 1. The summed E-state index contributed by atoms with van der Waals surface area (Å²) in [4.78, 5) is 24.2. The van der Waals surface area contributed by atoms with Gasteiger partial charge in [-0.15, -0.1) is 0 Å². The third kappa shape index (κ3) is 4.45. The Kier molecular flexibility index (Phi) is 5.67. The van der Waals surface area contributed by atoms with E-state index in [4.69, 9.17) is 10.4 Å². The topological polar surface area (TPSA) is 93.4 Å². The summed E-state index contributed by atoms with van der Waals surface area (Å²) in [6.45, 7) is 3.56. The van der Waals surface area contributed by atoms with Crippen molar-refractivity contribution in [1.82, 2.24) is 4.90 Å². The van der Waals surface area contributed by atoms with Gasteiger partial charge in [0.05, 0.1) is 17.2 Å². The Labute approximate surface area is 121 Å². The Morgan fingerprint density at radius 2 is 2.19 bits per heavy atom. The Morgan fingerprint density at radius 3 is 2.71 bits per heavy atom. The Hall–Kier alpha value is -2.62. The molecule has 0 aliphatic carbocycles. The molecule has 0 aromatic heterocycles. The quantitative estimate of drug-likeness (QED) is 0.870. The largest absolute Gasteiger partial charge is 0.481 e. The molecule has 0 bridgehead atoms. The molecular formula is C14H16FN3O3. The van der Waals surface area contributed by atoms with E-state index in [1.54, 1.807) is 13.0 Å². The Balaban J connectivity index is 2.84. The van der Waals surface area contributed by atoms with Gasteiger partial charge in [0.15, 0.2) is 0 Å². The summed E-state index contributed by atoms with van der Waals surface area (Å²) in [6, 6.07) is 4.70. The molecule has 21 heavy (non-hydrogen) atoms. The first-order valence-corrected chi connectivity index (χ1v) is 6.37. The molecule has 0 aliphatic rings. The van der Waals surface area contributed by atoms with Crippen LogP contribution in [-0.2, 0) is 4.79 Å². The number of nitriles is 1. The van der Waals surface area contributed by atoms with E-state index in [2.05, 4.69) is 5.32 Å². The minimum atomic E-state index is -0.999. The van der Waals surface area contributed by atoms with Crippen LogP contribution in [0.25, 0.3) is 0 Å². The number of halogens is 1. The number of benzene rings is 1. The van der Waals surface area contributed by atoms with Gasteiger partial charge in [-0.3, -0.25) is 4.79 Å². The number of carbonyl (C=O) groups excluding carboxylic acids is 1. The second-order valence-corrected chi connectivity index (χ2v) is 4.51. The lowest BCUT2D eigenvalue weighted by molar-refractivity contribution is -0.141. The smallest absolute Gasteiger partial charge is 0.321 e. The van der Waals surface area contributed by atoms with Crippen molar-refractivity contribution in [3.05, 3.63) is 29.6 Å². The van der Waals surface area contributed by atoms with Gasteiger partial charge in [0.1, 0.15) is 11.9 Å². The summed E-state index contributed by atoms with van der Waals surface area (Å²) in [6.07, 6.45) is 0. The average molecular weight is 293 g/mol. The number of carboxylic acid groups (broad SMARTS) is 1. The van der Waals surface area contributed by atoms with Gasteiger partial charge < -0.3 is 15.3 Å². The van der Waals surface area contributed by atoms with Gasteiger partial charge in [-0.05, 0) is 25.1 Å². The summed E-state index contributed by atoms with van der Waals surface area (Å²) >= 11 is 0. The molecule has 6 nitrogen and oxygen atoms in total. The maximum atomic E-state index is 13.0. The van der Waals surface area contributed by atoms with E-state index in [0.717, 1.165) is 12.1 Å². The Bertz CT molecular complexity index is 583. The van der Waals surface area contributed by atoms with Gasteiger partial charge in [0, 0.05) is 13.1 Å². The predicted molar refractivity (Wildman–Crippen MR) is 74.2 cm³/mol. The zero-order valence-electron chi connectivity index (χ0n) is 11.8. The highest BCUT2D eigenvalue weighted by molar-refractivity contribution is 5.91. The zero-order chi connectivity index (χ0) is 16.0. The van der Waals surface area contributed by atoms with Gasteiger partial charge in [-0.1, -0.05) is 6.92 Å². The second kappa shape index (κ2) is 7.24. The molecule has 0 saturated carbocycles. The van der Waals surface area contributed by atoms with Gasteiger partial charge >= 0.3 is 12.0 Å². The van der Waals surface area contributed by atoms with Gasteiger partial charge in [-0.2, -0.15) is 5.26 Å². The second-order valence-electron chi connectivity index (χ2n) is 4.51. The molecule has 1 rings (SSSR count). The van der Waals surface area contributed by atoms with E-state index in [1.807, 2.05) is 0 Å². The molecule has 2 amide bonds. The van der Waals surface area contributed by atoms with Crippen molar-refractivity contribution < 1.29 is 19.1 Å². The van der Waals surface area contributed by atoms with Crippen LogP contribution in [-0.4, -0.2) is 35.1 Å². The van der Waals surface area contributed by atoms with E-state index in [-0.39, 0.29) is 17.8 Å². The highest BCUT2D eigenvalue weighted by Crippen LogP contribution is 2.16. The number of urea groups is 1. The molecule has 2 N–H and O–H groups in total. The number of hydrogen-bond donors (Lipinski definition) is 2. The third-order valence-electron chi connectivity index (χ3n) is 2.93. The molecule has 7 heteroatoms. The van der Waals surface area contributed by atoms with E-state index >= 15 is 0 Å². The molecule has 0 radical (unpaired) electrons. The van der Waals surface area contributed by atoms with Crippen molar-refractivity contribution in [3.8, 4) is 6.07 Å². The maximum absolute atomic E-state index is 13.0. The van der Waals surface area contributed by atoms with Crippen molar-refractivity contribution in [2.24, 2.45) is 5.92 Å². The minimum absolute atomic E-state index is 0.00526. The number of nitrogens with one attached hydrogen (secondary N) is 1. The molecule has 0 spiro atoms. The molecule has 0 heterocycles. The summed E-state index contributed by atoms with van der Waals surface area (Å²) in [5.74, 6) is -2.28. The van der Waals surface area contributed by atoms with Crippen LogP contribution >= 0.6 is 0 Å². The van der Waals surface area contributed by atoms with Crippen LogP contribution in [0.3, 0.4) is 0 Å². The normalized spacial score (nSPS) is 11.3. The number of anilines is 1. The van der Waals surface area contributed by atoms with Crippen molar-refractivity contribution in [2.45, 2.75) is 13.8 Å². The number of carbonyl (C=O) groups is 2. The fourth-order valence-corrected chi connectivity index (χ4v) is 1.68. The van der Waals surface area contributed by atoms with Crippen molar-refractivity contribution in [1.29, 1.82) is 5.26 Å². The van der Waals surface area contributed by atoms with Crippen LogP contribution in [0.1, 0.15) is 19.4 Å². The summed E-state index contributed by atoms with van der Waals surface area (Å²) in [5, 5.41) is 20.3. The van der Waals surface area contributed by atoms with Gasteiger partial charge in [0.2, 0.25) is 0 Å². The zero-order valence-corrected chi connectivity index (χ0v) is 11.8. The number of nitrogens with zero attached hydrogens (tertiary/aromatic N) is 2. The maximum Gasteiger partial charge on any atom is 0.321 e. The molecule has 0 aliphatic heterocycles. The molecule has 0 fully saturated rings. The summed E-state index contributed by atoms with van der Waals surface area (Å²) in [5.41, 5.74) is 0.191. The van der Waals surface area contributed by atoms with Crippen molar-refractivity contribution in [2.75, 3.05) is 18.4 Å². The molecule has 1 aromatic carbocycles. The van der Waals surface area contributed by atoms with E-state index in [1.165, 1.54) is 17.9 Å². The van der Waals surface area contributed by atoms with Crippen LogP contribution in [0.5, 0.6) is 0 Å². The molecular weight excluding hydrogens is 277 g/mol. The van der Waals surface area contributed by atoms with Crippen molar-refractivity contribution in [3.63, 3.8) is 0 Å². The van der Waals surface area contributed by atoms with E-state index < -0.39 is 23.7 Å². The first kappa shape index (κ1) is 16.4. The lowest BCUT2D eigenvalue weighted by Crippen LogP contribution is -2.39. The molecule has 112 valence electrons. The monoisotopic (exact) mass is 293 g/mol. The molecule has 1 atom stereocenters. The number of hydrogen-bond acceptors (Lipinski definition) is 3. The molecule has 1 unspecified atom stereocenters. The van der Waals surface area contributed by atoms with Crippen LogP contribution in [0, 0.1) is 23.1 Å². The first-order chi connectivity index (χ1) is 9.88. The van der Waals surface area contributed by atoms with Crippen LogP contribution < -0.4 is 5.32 Å². The van der Waals surface area contributed by atoms with Crippen LogP contribution in [0.2, 0.25) is 0 Å². The first-order valence-electron chi connectivity index (χ1n) is 6.37. The number of amides is 2. The lowest BCUT2D eigenvalue weighted by Gasteiger charge is -2.23. The SMILES string of the molecule is CCN(CC(C)C(=O)O)C(=O)Nc1ccc(F)cc1C#N. The highest BCUT2D eigenvalue weighted by Gasteiger charge is 2.20. The summed E-state index contributed by atoms with van der Waals surface area (Å²) in [7, 11) is 0.